The third kappa shape index (κ3) is 7.92. The lowest BCUT2D eigenvalue weighted by Crippen LogP contribution is -2.03. The highest BCUT2D eigenvalue weighted by Crippen LogP contribution is 2.05. The van der Waals surface area contributed by atoms with E-state index >= 15 is 0 Å². The first kappa shape index (κ1) is 11.8. The lowest BCUT2D eigenvalue weighted by atomic mass is 10.2. The maximum Gasteiger partial charge on any atom is 0.305 e. The minimum absolute atomic E-state index is 0.0540. The molecule has 12 heavy (non-hydrogen) atoms. The Hall–Kier alpha value is -0.180. The minimum atomic E-state index is -0.0540. The molecule has 0 atom stereocenters. The van der Waals surface area contributed by atoms with Crippen molar-refractivity contribution >= 4 is 17.7 Å². The molecular formula is C9H18O2S. The fourth-order valence-electron chi connectivity index (χ4n) is 0.926. The number of carbonyl (C=O) groups is 1. The van der Waals surface area contributed by atoms with Crippen LogP contribution in [0.3, 0.4) is 0 Å². The molecule has 0 spiro atoms. The SMILES string of the molecule is CCOC(=O)CCCCCSC. The molecule has 0 aromatic rings. The van der Waals surface area contributed by atoms with E-state index in [0.29, 0.717) is 13.0 Å². The Balaban J connectivity index is 3.03. The maximum absolute atomic E-state index is 10.8. The van der Waals surface area contributed by atoms with E-state index in [1.165, 1.54) is 12.2 Å². The van der Waals surface area contributed by atoms with Crippen LogP contribution in [0.5, 0.6) is 0 Å². The molecule has 0 amide bonds. The summed E-state index contributed by atoms with van der Waals surface area (Å²) in [7, 11) is 0. The van der Waals surface area contributed by atoms with E-state index < -0.39 is 0 Å². The fraction of sp³-hybridized carbons (Fsp3) is 0.889. The van der Waals surface area contributed by atoms with Gasteiger partial charge in [-0.1, -0.05) is 6.42 Å². The van der Waals surface area contributed by atoms with E-state index in [4.69, 9.17) is 4.74 Å². The summed E-state index contributed by atoms with van der Waals surface area (Å²) in [4.78, 5) is 10.8. The van der Waals surface area contributed by atoms with Crippen LogP contribution in [0.25, 0.3) is 0 Å². The first-order valence-corrected chi connectivity index (χ1v) is 5.85. The number of carbonyl (C=O) groups excluding carboxylic acids is 1. The molecule has 2 nitrogen and oxygen atoms in total. The molecule has 0 heterocycles. The van der Waals surface area contributed by atoms with Crippen LogP contribution in [0.2, 0.25) is 0 Å². The topological polar surface area (TPSA) is 26.3 Å². The van der Waals surface area contributed by atoms with Crippen LogP contribution in [0.1, 0.15) is 32.6 Å². The van der Waals surface area contributed by atoms with Crippen molar-refractivity contribution in [3.05, 3.63) is 0 Å². The van der Waals surface area contributed by atoms with Gasteiger partial charge in [0.15, 0.2) is 0 Å². The van der Waals surface area contributed by atoms with Crippen LogP contribution in [-0.2, 0) is 9.53 Å². The van der Waals surface area contributed by atoms with Gasteiger partial charge in [-0.15, -0.1) is 0 Å². The van der Waals surface area contributed by atoms with E-state index in [2.05, 4.69) is 6.26 Å². The molecule has 0 saturated heterocycles. The van der Waals surface area contributed by atoms with Crippen molar-refractivity contribution in [1.29, 1.82) is 0 Å². The summed E-state index contributed by atoms with van der Waals surface area (Å²) >= 11 is 1.85. The number of hydrogen-bond acceptors (Lipinski definition) is 3. The van der Waals surface area contributed by atoms with E-state index in [0.717, 1.165) is 12.8 Å². The maximum atomic E-state index is 10.8. The number of thioether (sulfide) groups is 1. The molecule has 0 radical (unpaired) electrons. The van der Waals surface area contributed by atoms with Gasteiger partial charge in [0.25, 0.3) is 0 Å². The Morgan fingerprint density at radius 2 is 2.08 bits per heavy atom. The number of hydrogen-bond donors (Lipinski definition) is 0. The molecular weight excluding hydrogens is 172 g/mol. The number of esters is 1. The highest BCUT2D eigenvalue weighted by atomic mass is 32.2. The van der Waals surface area contributed by atoms with Crippen molar-refractivity contribution in [3.8, 4) is 0 Å². The van der Waals surface area contributed by atoms with E-state index in [1.54, 1.807) is 0 Å². The Morgan fingerprint density at radius 1 is 1.33 bits per heavy atom. The highest BCUT2D eigenvalue weighted by molar-refractivity contribution is 7.98. The quantitative estimate of drug-likeness (QED) is 0.455. The van der Waals surface area contributed by atoms with Crippen molar-refractivity contribution in [2.45, 2.75) is 32.6 Å². The number of unbranched alkanes of at least 4 members (excludes halogenated alkanes) is 2. The van der Waals surface area contributed by atoms with Crippen molar-refractivity contribution in [3.63, 3.8) is 0 Å². The molecule has 0 fully saturated rings. The molecule has 3 heteroatoms. The molecule has 0 aromatic carbocycles. The zero-order chi connectivity index (χ0) is 9.23. The average Bonchev–Trinajstić information content (AvgIpc) is 2.05. The summed E-state index contributed by atoms with van der Waals surface area (Å²) in [5, 5.41) is 0. The van der Waals surface area contributed by atoms with Crippen molar-refractivity contribution in [2.75, 3.05) is 18.6 Å². The lowest BCUT2D eigenvalue weighted by molar-refractivity contribution is -0.143. The summed E-state index contributed by atoms with van der Waals surface area (Å²) < 4.78 is 4.80. The third-order valence-electron chi connectivity index (χ3n) is 1.53. The molecule has 0 rings (SSSR count). The predicted molar refractivity (Wildman–Crippen MR) is 53.5 cm³/mol. The second-order valence-corrected chi connectivity index (χ2v) is 3.59. The van der Waals surface area contributed by atoms with Crippen LogP contribution in [-0.4, -0.2) is 24.6 Å². The summed E-state index contributed by atoms with van der Waals surface area (Å²) in [5.41, 5.74) is 0. The first-order chi connectivity index (χ1) is 5.81. The third-order valence-corrected chi connectivity index (χ3v) is 2.23. The van der Waals surface area contributed by atoms with Crippen LogP contribution >= 0.6 is 11.8 Å². The Labute approximate surface area is 79.1 Å². The van der Waals surface area contributed by atoms with Gasteiger partial charge in [-0.3, -0.25) is 4.79 Å². The van der Waals surface area contributed by atoms with Gasteiger partial charge in [0.2, 0.25) is 0 Å². The van der Waals surface area contributed by atoms with Crippen LogP contribution in [0, 0.1) is 0 Å². The monoisotopic (exact) mass is 190 g/mol. The van der Waals surface area contributed by atoms with Gasteiger partial charge in [0, 0.05) is 6.42 Å². The normalized spacial score (nSPS) is 9.83. The van der Waals surface area contributed by atoms with Crippen molar-refractivity contribution < 1.29 is 9.53 Å². The smallest absolute Gasteiger partial charge is 0.305 e. The van der Waals surface area contributed by atoms with Gasteiger partial charge in [0.05, 0.1) is 6.61 Å². The zero-order valence-corrected chi connectivity index (χ0v) is 8.78. The standard InChI is InChI=1S/C9H18O2S/c1-3-11-9(10)7-5-4-6-8-12-2/h3-8H2,1-2H3. The van der Waals surface area contributed by atoms with Gasteiger partial charge >= 0.3 is 5.97 Å². The molecule has 0 aliphatic rings. The van der Waals surface area contributed by atoms with Gasteiger partial charge in [0.1, 0.15) is 0 Å². The van der Waals surface area contributed by atoms with E-state index in [1.807, 2.05) is 18.7 Å². The van der Waals surface area contributed by atoms with Crippen molar-refractivity contribution in [2.24, 2.45) is 0 Å². The van der Waals surface area contributed by atoms with Gasteiger partial charge in [-0.2, -0.15) is 11.8 Å². The van der Waals surface area contributed by atoms with Gasteiger partial charge in [-0.25, -0.2) is 0 Å². The summed E-state index contributed by atoms with van der Waals surface area (Å²) in [5.74, 6) is 1.14. The summed E-state index contributed by atoms with van der Waals surface area (Å²) in [6.45, 7) is 2.34. The average molecular weight is 190 g/mol. The minimum Gasteiger partial charge on any atom is -0.466 e. The Bertz CT molecular complexity index is 115. The van der Waals surface area contributed by atoms with Crippen LogP contribution < -0.4 is 0 Å². The second-order valence-electron chi connectivity index (χ2n) is 2.61. The lowest BCUT2D eigenvalue weighted by Gasteiger charge is -2.00. The van der Waals surface area contributed by atoms with Crippen LogP contribution in [0.15, 0.2) is 0 Å². The zero-order valence-electron chi connectivity index (χ0n) is 7.97. The predicted octanol–water partition coefficient (Wildman–Crippen LogP) is 2.47. The van der Waals surface area contributed by atoms with Crippen LogP contribution in [0.4, 0.5) is 0 Å². The first-order valence-electron chi connectivity index (χ1n) is 4.45. The molecule has 0 saturated carbocycles. The molecule has 72 valence electrons. The Morgan fingerprint density at radius 3 is 2.67 bits per heavy atom. The van der Waals surface area contributed by atoms with Crippen molar-refractivity contribution in [1.82, 2.24) is 0 Å². The summed E-state index contributed by atoms with van der Waals surface area (Å²) in [6, 6.07) is 0. The highest BCUT2D eigenvalue weighted by Gasteiger charge is 1.99. The molecule has 0 N–H and O–H groups in total. The largest absolute Gasteiger partial charge is 0.466 e. The number of ether oxygens (including phenoxy) is 1. The Kier molecular flexibility index (Phi) is 8.78. The van der Waals surface area contributed by atoms with Gasteiger partial charge < -0.3 is 4.74 Å². The fourth-order valence-corrected chi connectivity index (χ4v) is 1.42. The molecule has 0 aliphatic carbocycles. The van der Waals surface area contributed by atoms with E-state index in [-0.39, 0.29) is 5.97 Å². The molecule has 0 aliphatic heterocycles. The number of rotatable bonds is 7. The van der Waals surface area contributed by atoms with Gasteiger partial charge in [-0.05, 0) is 31.8 Å². The summed E-state index contributed by atoms with van der Waals surface area (Å²) in [6.07, 6.45) is 6.01. The van der Waals surface area contributed by atoms with E-state index in [9.17, 15) is 4.79 Å². The molecule has 0 unspecified atom stereocenters. The second kappa shape index (κ2) is 8.91. The molecule has 0 bridgehead atoms. The molecule has 0 aromatic heterocycles.